The molecule has 26 heavy (non-hydrogen) atoms. The van der Waals surface area contributed by atoms with Crippen LogP contribution in [-0.4, -0.2) is 26.2 Å². The van der Waals surface area contributed by atoms with Crippen LogP contribution in [0.1, 0.15) is 37.8 Å². The summed E-state index contributed by atoms with van der Waals surface area (Å²) in [6.07, 6.45) is 8.91. The Bertz CT molecular complexity index is 957. The minimum atomic E-state index is -1.66. The molecule has 4 rings (SSSR count). The third-order valence-electron chi connectivity index (χ3n) is 5.30. The first-order valence-electron chi connectivity index (χ1n) is 9.13. The Morgan fingerprint density at radius 1 is 1.12 bits per heavy atom. The maximum Gasteiger partial charge on any atom is 0.175 e. The van der Waals surface area contributed by atoms with Crippen LogP contribution in [0.4, 0.5) is 4.39 Å². The zero-order valence-corrected chi connectivity index (χ0v) is 14.9. The average molecular weight is 351 g/mol. The number of carbonyl (C=O) groups excluding carboxylic acids is 1. The maximum atomic E-state index is 14.9. The van der Waals surface area contributed by atoms with E-state index < -0.39 is 5.67 Å². The molecule has 2 aromatic heterocycles. The molecule has 0 radical (unpaired) electrons. The molecule has 0 aliphatic heterocycles. The van der Waals surface area contributed by atoms with Crippen LogP contribution in [0.2, 0.25) is 0 Å². The highest BCUT2D eigenvalue weighted by Crippen LogP contribution is 2.33. The van der Waals surface area contributed by atoms with Gasteiger partial charge in [-0.15, -0.1) is 0 Å². The topological polar surface area (TPSA) is 47.8 Å². The van der Waals surface area contributed by atoms with Gasteiger partial charge in [-0.05, 0) is 48.8 Å². The highest BCUT2D eigenvalue weighted by atomic mass is 19.1. The first-order chi connectivity index (χ1) is 12.5. The number of Topliss-reactive ketones (excluding diaryl/α,β-unsaturated/α-hetero) is 1. The molecule has 0 N–H and O–H groups in total. The molecule has 1 fully saturated rings. The van der Waals surface area contributed by atoms with E-state index in [9.17, 15) is 9.18 Å². The Kier molecular flexibility index (Phi) is 4.31. The Labute approximate surface area is 152 Å². The Morgan fingerprint density at radius 2 is 1.92 bits per heavy atom. The molecule has 0 bridgehead atoms. The van der Waals surface area contributed by atoms with E-state index in [2.05, 4.69) is 16.1 Å². The molecule has 1 saturated carbocycles. The van der Waals surface area contributed by atoms with Gasteiger partial charge in [0.1, 0.15) is 0 Å². The summed E-state index contributed by atoms with van der Waals surface area (Å²) in [6.45, 7) is 0. The second-order valence-corrected chi connectivity index (χ2v) is 7.27. The monoisotopic (exact) mass is 351 g/mol. The van der Waals surface area contributed by atoms with Crippen LogP contribution in [0, 0.1) is 0 Å². The van der Waals surface area contributed by atoms with E-state index in [1.807, 2.05) is 37.6 Å². The maximum absolute atomic E-state index is 14.9. The van der Waals surface area contributed by atoms with Crippen LogP contribution in [0.3, 0.4) is 0 Å². The molecule has 0 atom stereocenters. The fourth-order valence-electron chi connectivity index (χ4n) is 3.75. The van der Waals surface area contributed by atoms with E-state index in [4.69, 9.17) is 0 Å². The van der Waals surface area contributed by atoms with Crippen molar-refractivity contribution >= 4 is 16.6 Å². The lowest BCUT2D eigenvalue weighted by Gasteiger charge is -2.27. The molecule has 1 aromatic carbocycles. The largest absolute Gasteiger partial charge is 0.296 e. The number of nitrogens with zero attached hydrogens (tertiary/aromatic N) is 3. The third kappa shape index (κ3) is 3.26. The van der Waals surface area contributed by atoms with Crippen LogP contribution in [-0.2, 0) is 18.3 Å². The van der Waals surface area contributed by atoms with E-state index >= 15 is 0 Å². The number of hydrogen-bond donors (Lipinski definition) is 0. The molecular weight excluding hydrogens is 329 g/mol. The smallest absolute Gasteiger partial charge is 0.175 e. The number of alkyl halides is 1. The van der Waals surface area contributed by atoms with Crippen LogP contribution in [0.25, 0.3) is 21.9 Å². The van der Waals surface area contributed by atoms with Gasteiger partial charge in [-0.3, -0.25) is 14.5 Å². The standard InChI is InChI=1S/C21H22FN3O/c1-25-14-18(13-24-25)15-5-6-16-12-23-19(10-17(16)9-15)11-20(26)21(22)7-3-2-4-8-21/h5-6,9-10,12-14H,2-4,7-8,11H2,1H3. The number of benzene rings is 1. The van der Waals surface area contributed by atoms with Gasteiger partial charge in [0, 0.05) is 36.1 Å². The van der Waals surface area contributed by atoms with Crippen LogP contribution < -0.4 is 0 Å². The third-order valence-corrected chi connectivity index (χ3v) is 5.30. The van der Waals surface area contributed by atoms with Gasteiger partial charge in [-0.25, -0.2) is 4.39 Å². The quantitative estimate of drug-likeness (QED) is 0.699. The molecule has 0 saturated heterocycles. The second kappa shape index (κ2) is 6.63. The van der Waals surface area contributed by atoms with Crippen LogP contribution in [0.5, 0.6) is 0 Å². The van der Waals surface area contributed by atoms with Crippen molar-refractivity contribution in [1.29, 1.82) is 0 Å². The predicted octanol–water partition coefficient (Wildman–Crippen LogP) is 4.42. The van der Waals surface area contributed by atoms with Crippen molar-refractivity contribution in [2.24, 2.45) is 7.05 Å². The number of rotatable bonds is 4. The summed E-state index contributed by atoms with van der Waals surface area (Å²) in [5.41, 5.74) is 1.07. The summed E-state index contributed by atoms with van der Waals surface area (Å²) in [5, 5.41) is 6.21. The van der Waals surface area contributed by atoms with E-state index in [0.29, 0.717) is 18.5 Å². The molecule has 134 valence electrons. The van der Waals surface area contributed by atoms with Crippen LogP contribution in [0.15, 0.2) is 42.9 Å². The van der Waals surface area contributed by atoms with Crippen molar-refractivity contribution in [3.05, 3.63) is 48.5 Å². The molecular formula is C21H22FN3O. The lowest BCUT2D eigenvalue weighted by molar-refractivity contribution is -0.132. The lowest BCUT2D eigenvalue weighted by Crippen LogP contribution is -2.37. The van der Waals surface area contributed by atoms with E-state index in [1.54, 1.807) is 10.9 Å². The van der Waals surface area contributed by atoms with Crippen molar-refractivity contribution in [3.8, 4) is 11.1 Å². The van der Waals surface area contributed by atoms with Crippen molar-refractivity contribution < 1.29 is 9.18 Å². The van der Waals surface area contributed by atoms with Gasteiger partial charge in [0.05, 0.1) is 12.6 Å². The number of aromatic nitrogens is 3. The molecule has 0 amide bonds. The number of halogens is 1. The van der Waals surface area contributed by atoms with E-state index in [0.717, 1.165) is 41.2 Å². The number of hydrogen-bond acceptors (Lipinski definition) is 3. The Hall–Kier alpha value is -2.56. The lowest BCUT2D eigenvalue weighted by atomic mass is 9.82. The molecule has 1 aliphatic carbocycles. The van der Waals surface area contributed by atoms with Crippen molar-refractivity contribution in [1.82, 2.24) is 14.8 Å². The number of fused-ring (bicyclic) bond motifs is 1. The summed E-state index contributed by atoms with van der Waals surface area (Å²) in [7, 11) is 1.89. The summed E-state index contributed by atoms with van der Waals surface area (Å²) in [5.74, 6) is -0.326. The molecule has 0 spiro atoms. The average Bonchev–Trinajstić information content (AvgIpc) is 3.08. The SMILES string of the molecule is Cn1cc(-c2ccc3cnc(CC(=O)C4(F)CCCCC4)cc3c2)cn1. The molecule has 3 aromatic rings. The van der Waals surface area contributed by atoms with Crippen LogP contribution >= 0.6 is 0 Å². The summed E-state index contributed by atoms with van der Waals surface area (Å²) in [4.78, 5) is 16.9. The van der Waals surface area contributed by atoms with Gasteiger partial charge in [-0.1, -0.05) is 18.6 Å². The molecule has 2 heterocycles. The molecule has 5 heteroatoms. The highest BCUT2D eigenvalue weighted by molar-refractivity contribution is 5.91. The normalized spacial score (nSPS) is 16.7. The summed E-state index contributed by atoms with van der Waals surface area (Å²) >= 11 is 0. The first-order valence-corrected chi connectivity index (χ1v) is 9.13. The fourth-order valence-corrected chi connectivity index (χ4v) is 3.75. The number of ketones is 1. The molecule has 4 nitrogen and oxygen atoms in total. The van der Waals surface area contributed by atoms with Crippen molar-refractivity contribution in [2.75, 3.05) is 0 Å². The van der Waals surface area contributed by atoms with Crippen molar-refractivity contribution in [3.63, 3.8) is 0 Å². The fraction of sp³-hybridized carbons (Fsp3) is 0.381. The molecule has 0 unspecified atom stereocenters. The number of pyridine rings is 1. The Balaban J connectivity index is 1.61. The zero-order chi connectivity index (χ0) is 18.1. The van der Waals surface area contributed by atoms with E-state index in [1.165, 1.54) is 0 Å². The number of carbonyl (C=O) groups is 1. The predicted molar refractivity (Wildman–Crippen MR) is 99.6 cm³/mol. The highest BCUT2D eigenvalue weighted by Gasteiger charge is 2.39. The van der Waals surface area contributed by atoms with Gasteiger partial charge in [-0.2, -0.15) is 5.10 Å². The first kappa shape index (κ1) is 16.9. The van der Waals surface area contributed by atoms with Gasteiger partial charge in [0.2, 0.25) is 0 Å². The van der Waals surface area contributed by atoms with E-state index in [-0.39, 0.29) is 12.2 Å². The van der Waals surface area contributed by atoms with Gasteiger partial charge in [0.25, 0.3) is 0 Å². The minimum Gasteiger partial charge on any atom is -0.296 e. The van der Waals surface area contributed by atoms with Gasteiger partial charge >= 0.3 is 0 Å². The summed E-state index contributed by atoms with van der Waals surface area (Å²) < 4.78 is 16.6. The van der Waals surface area contributed by atoms with Gasteiger partial charge < -0.3 is 0 Å². The summed E-state index contributed by atoms with van der Waals surface area (Å²) in [6, 6.07) is 8.01. The second-order valence-electron chi connectivity index (χ2n) is 7.27. The molecule has 1 aliphatic rings. The Morgan fingerprint density at radius 3 is 2.65 bits per heavy atom. The van der Waals surface area contributed by atoms with Gasteiger partial charge in [0.15, 0.2) is 11.5 Å². The minimum absolute atomic E-state index is 0.0591. The number of aryl methyl sites for hydroxylation is 1. The zero-order valence-electron chi connectivity index (χ0n) is 14.9. The van der Waals surface area contributed by atoms with Crippen molar-refractivity contribution in [2.45, 2.75) is 44.2 Å².